The number of rotatable bonds is 10. The van der Waals surface area contributed by atoms with Crippen molar-refractivity contribution in [2.24, 2.45) is 12.0 Å². The summed E-state index contributed by atoms with van der Waals surface area (Å²) in [6.07, 6.45) is 3.22. The zero-order valence-electron chi connectivity index (χ0n) is 16.3. The minimum Gasteiger partial charge on any atom is -0.356 e. The van der Waals surface area contributed by atoms with Crippen LogP contribution in [0.3, 0.4) is 0 Å². The zero-order chi connectivity index (χ0) is 19.5. The monoisotopic (exact) mass is 392 g/mol. The number of nitrogens with zero attached hydrogens (tertiary/aromatic N) is 4. The van der Waals surface area contributed by atoms with Gasteiger partial charge in [0.05, 0.1) is 0 Å². The molecule has 1 aromatic carbocycles. The number of hydrogen-bond acceptors (Lipinski definition) is 4. The lowest BCUT2D eigenvalue weighted by atomic mass is 10.3. The average Bonchev–Trinajstić information content (AvgIpc) is 2.99. The molecule has 148 valence electrons. The van der Waals surface area contributed by atoms with Crippen molar-refractivity contribution in [1.29, 1.82) is 0 Å². The third-order valence-corrected chi connectivity index (χ3v) is 5.18. The predicted molar refractivity (Wildman–Crippen MR) is 110 cm³/mol. The zero-order valence-corrected chi connectivity index (χ0v) is 17.2. The Labute approximate surface area is 165 Å². The van der Waals surface area contributed by atoms with Crippen LogP contribution >= 0.6 is 11.8 Å². The van der Waals surface area contributed by atoms with Crippen LogP contribution in [0.2, 0.25) is 0 Å². The fourth-order valence-corrected chi connectivity index (χ4v) is 3.15. The molecule has 2 rings (SSSR count). The van der Waals surface area contributed by atoms with Crippen LogP contribution in [0, 0.1) is 12.7 Å². The number of thioether (sulfide) groups is 1. The van der Waals surface area contributed by atoms with Gasteiger partial charge in [0, 0.05) is 25.0 Å². The lowest BCUT2D eigenvalue weighted by molar-refractivity contribution is 0.626. The van der Waals surface area contributed by atoms with Crippen LogP contribution < -0.4 is 10.6 Å². The van der Waals surface area contributed by atoms with Gasteiger partial charge in [-0.05, 0) is 49.8 Å². The van der Waals surface area contributed by atoms with Crippen molar-refractivity contribution in [1.82, 2.24) is 25.4 Å². The lowest BCUT2D eigenvalue weighted by Gasteiger charge is -2.12. The van der Waals surface area contributed by atoms with Crippen LogP contribution in [0.4, 0.5) is 4.39 Å². The van der Waals surface area contributed by atoms with Gasteiger partial charge in [0.15, 0.2) is 11.8 Å². The Kier molecular flexibility index (Phi) is 9.10. The second kappa shape index (κ2) is 11.6. The molecule has 1 aromatic heterocycles. The van der Waals surface area contributed by atoms with Gasteiger partial charge in [-0.3, -0.25) is 0 Å². The van der Waals surface area contributed by atoms with E-state index in [1.807, 2.05) is 30.7 Å². The molecule has 0 fully saturated rings. The molecular weight excluding hydrogens is 363 g/mol. The summed E-state index contributed by atoms with van der Waals surface area (Å²) in [5.41, 5.74) is 0. The number of nitrogens with one attached hydrogen (secondary N) is 2. The number of benzene rings is 1. The average molecular weight is 393 g/mol. The van der Waals surface area contributed by atoms with Gasteiger partial charge in [0.2, 0.25) is 0 Å². The molecule has 0 aliphatic heterocycles. The van der Waals surface area contributed by atoms with Gasteiger partial charge in [-0.1, -0.05) is 13.3 Å². The van der Waals surface area contributed by atoms with E-state index in [4.69, 9.17) is 0 Å². The number of aryl methyl sites for hydroxylation is 1. The van der Waals surface area contributed by atoms with Crippen molar-refractivity contribution < 1.29 is 4.39 Å². The van der Waals surface area contributed by atoms with Gasteiger partial charge in [-0.2, -0.15) is 0 Å². The molecule has 0 radical (unpaired) electrons. The molecule has 0 spiro atoms. The molecule has 2 N–H and O–H groups in total. The molecular formula is C19H29FN6S. The predicted octanol–water partition coefficient (Wildman–Crippen LogP) is 3.28. The van der Waals surface area contributed by atoms with Crippen molar-refractivity contribution in [2.45, 2.75) is 44.6 Å². The molecule has 0 aliphatic rings. The Morgan fingerprint density at radius 1 is 1.15 bits per heavy atom. The van der Waals surface area contributed by atoms with Crippen molar-refractivity contribution in [3.8, 4) is 0 Å². The van der Waals surface area contributed by atoms with E-state index in [0.29, 0.717) is 6.54 Å². The molecule has 8 heteroatoms. The number of aromatic nitrogens is 3. The maximum Gasteiger partial charge on any atom is 0.191 e. The van der Waals surface area contributed by atoms with Gasteiger partial charge in [-0.15, -0.1) is 22.0 Å². The van der Waals surface area contributed by atoms with Crippen molar-refractivity contribution >= 4 is 17.7 Å². The normalized spacial score (nSPS) is 11.6. The quantitative estimate of drug-likeness (QED) is 0.281. The van der Waals surface area contributed by atoms with Crippen molar-refractivity contribution in [2.75, 3.05) is 18.8 Å². The van der Waals surface area contributed by atoms with Crippen LogP contribution in [0.15, 0.2) is 34.2 Å². The molecule has 27 heavy (non-hydrogen) atoms. The molecule has 0 saturated heterocycles. The topological polar surface area (TPSA) is 67.1 Å². The molecule has 0 amide bonds. The summed E-state index contributed by atoms with van der Waals surface area (Å²) in [6.45, 7) is 6.30. The SMILES string of the molecule is CCCCNC(=NCc1nnc(C)n1C)NCCCSc1ccc(F)cc1. The van der Waals surface area contributed by atoms with E-state index in [0.717, 1.165) is 60.6 Å². The Balaban J connectivity index is 1.78. The molecule has 0 bridgehead atoms. The van der Waals surface area contributed by atoms with Crippen LogP contribution in [-0.2, 0) is 13.6 Å². The van der Waals surface area contributed by atoms with Crippen LogP contribution in [0.1, 0.15) is 37.8 Å². The highest BCUT2D eigenvalue weighted by atomic mass is 32.2. The minimum absolute atomic E-state index is 0.196. The first-order valence-corrected chi connectivity index (χ1v) is 10.3. The van der Waals surface area contributed by atoms with Crippen molar-refractivity contribution in [3.05, 3.63) is 41.7 Å². The number of aliphatic imine (C=N–C) groups is 1. The summed E-state index contributed by atoms with van der Waals surface area (Å²) in [5.74, 6) is 3.29. The molecule has 0 atom stereocenters. The van der Waals surface area contributed by atoms with Gasteiger partial charge >= 0.3 is 0 Å². The summed E-state index contributed by atoms with van der Waals surface area (Å²) in [7, 11) is 1.95. The standard InChI is InChI=1S/C19H29FN6S/c1-4-5-11-21-19(23-14-18-25-24-15(2)26(18)3)22-12-6-13-27-17-9-7-16(20)8-10-17/h7-10H,4-6,11-14H2,1-3H3,(H2,21,22,23). The summed E-state index contributed by atoms with van der Waals surface area (Å²) in [6, 6.07) is 6.62. The highest BCUT2D eigenvalue weighted by Crippen LogP contribution is 2.18. The minimum atomic E-state index is -0.196. The summed E-state index contributed by atoms with van der Waals surface area (Å²) in [5, 5.41) is 15.0. The first kappa shape index (κ1) is 21.2. The summed E-state index contributed by atoms with van der Waals surface area (Å²) >= 11 is 1.73. The van der Waals surface area contributed by atoms with E-state index in [1.165, 1.54) is 12.1 Å². The van der Waals surface area contributed by atoms with Crippen LogP contribution in [0.5, 0.6) is 0 Å². The van der Waals surface area contributed by atoms with Crippen LogP contribution in [-0.4, -0.2) is 39.6 Å². The highest BCUT2D eigenvalue weighted by molar-refractivity contribution is 7.99. The Morgan fingerprint density at radius 2 is 1.85 bits per heavy atom. The lowest BCUT2D eigenvalue weighted by Crippen LogP contribution is -2.38. The molecule has 0 unspecified atom stereocenters. The van der Waals surface area contributed by atoms with Gasteiger partial charge < -0.3 is 15.2 Å². The van der Waals surface area contributed by atoms with Gasteiger partial charge in [0.1, 0.15) is 18.2 Å². The Bertz CT molecular complexity index is 713. The highest BCUT2D eigenvalue weighted by Gasteiger charge is 2.05. The third-order valence-electron chi connectivity index (χ3n) is 4.08. The first-order chi connectivity index (χ1) is 13.1. The van der Waals surface area contributed by atoms with E-state index >= 15 is 0 Å². The van der Waals surface area contributed by atoms with E-state index < -0.39 is 0 Å². The number of unbranched alkanes of at least 4 members (excludes halogenated alkanes) is 1. The molecule has 0 saturated carbocycles. The largest absolute Gasteiger partial charge is 0.356 e. The van der Waals surface area contributed by atoms with E-state index in [-0.39, 0.29) is 5.82 Å². The number of hydrogen-bond donors (Lipinski definition) is 2. The molecule has 2 aromatic rings. The van der Waals surface area contributed by atoms with Crippen molar-refractivity contribution in [3.63, 3.8) is 0 Å². The maximum atomic E-state index is 12.9. The van der Waals surface area contributed by atoms with E-state index in [9.17, 15) is 4.39 Å². The summed E-state index contributed by atoms with van der Waals surface area (Å²) in [4.78, 5) is 5.72. The number of guanidine groups is 1. The third kappa shape index (κ3) is 7.58. The molecule has 0 aliphatic carbocycles. The second-order valence-electron chi connectivity index (χ2n) is 6.25. The molecule has 1 heterocycles. The molecule has 6 nitrogen and oxygen atoms in total. The Morgan fingerprint density at radius 3 is 2.48 bits per heavy atom. The van der Waals surface area contributed by atoms with Crippen LogP contribution in [0.25, 0.3) is 0 Å². The van der Waals surface area contributed by atoms with E-state index in [1.54, 1.807) is 11.8 Å². The first-order valence-electron chi connectivity index (χ1n) is 9.35. The summed E-state index contributed by atoms with van der Waals surface area (Å²) < 4.78 is 14.9. The fraction of sp³-hybridized carbons (Fsp3) is 0.526. The second-order valence-corrected chi connectivity index (χ2v) is 7.42. The fourth-order valence-electron chi connectivity index (χ4n) is 2.30. The van der Waals surface area contributed by atoms with Gasteiger partial charge in [-0.25, -0.2) is 9.38 Å². The number of halogens is 1. The maximum absolute atomic E-state index is 12.9. The van der Waals surface area contributed by atoms with Gasteiger partial charge in [0.25, 0.3) is 0 Å². The smallest absolute Gasteiger partial charge is 0.191 e. The van der Waals surface area contributed by atoms with E-state index in [2.05, 4.69) is 32.7 Å². The Hall–Kier alpha value is -2.09.